The van der Waals surface area contributed by atoms with Crippen LogP contribution in [0.25, 0.3) is 0 Å². The summed E-state index contributed by atoms with van der Waals surface area (Å²) in [6, 6.07) is 1.66. The molecule has 0 radical (unpaired) electrons. The number of hydrogen-bond acceptors (Lipinski definition) is 2. The van der Waals surface area contributed by atoms with Crippen LogP contribution >= 0.6 is 27.5 Å². The standard InChI is InChI=1S/C12H15BrClFN2/c13-9-5-10(15)12(16-7-9)17-11-4-2-1-3-8(11)6-14/h5,7-8,11H,1-4,6H2,(H,16,17). The van der Waals surface area contributed by atoms with Crippen molar-refractivity contribution in [1.29, 1.82) is 0 Å². The third-order valence-corrected chi connectivity index (χ3v) is 4.07. The normalized spacial score (nSPS) is 24.6. The van der Waals surface area contributed by atoms with Gasteiger partial charge >= 0.3 is 0 Å². The molecule has 1 aromatic heterocycles. The zero-order valence-corrected chi connectivity index (χ0v) is 11.8. The predicted octanol–water partition coefficient (Wildman–Crippen LogP) is 4.19. The van der Waals surface area contributed by atoms with Gasteiger partial charge in [-0.3, -0.25) is 0 Å². The van der Waals surface area contributed by atoms with Crippen molar-refractivity contribution in [1.82, 2.24) is 4.98 Å². The Morgan fingerprint density at radius 2 is 2.24 bits per heavy atom. The van der Waals surface area contributed by atoms with Gasteiger partial charge in [-0.1, -0.05) is 12.8 Å². The Kier molecular flexibility index (Phi) is 4.62. The minimum absolute atomic E-state index is 0.240. The van der Waals surface area contributed by atoms with Crippen LogP contribution in [0.3, 0.4) is 0 Å². The summed E-state index contributed by atoms with van der Waals surface area (Å²) >= 11 is 9.14. The third kappa shape index (κ3) is 3.32. The van der Waals surface area contributed by atoms with E-state index in [9.17, 15) is 4.39 Å². The van der Waals surface area contributed by atoms with E-state index in [4.69, 9.17) is 11.6 Å². The quantitative estimate of drug-likeness (QED) is 0.844. The Balaban J connectivity index is 2.08. The molecule has 2 nitrogen and oxygen atoms in total. The van der Waals surface area contributed by atoms with Crippen LogP contribution in [0.15, 0.2) is 16.7 Å². The van der Waals surface area contributed by atoms with Crippen molar-refractivity contribution in [3.8, 4) is 0 Å². The van der Waals surface area contributed by atoms with Crippen molar-refractivity contribution in [3.05, 3.63) is 22.6 Å². The van der Waals surface area contributed by atoms with Gasteiger partial charge in [0.15, 0.2) is 11.6 Å². The molecule has 2 unspecified atom stereocenters. The lowest BCUT2D eigenvalue weighted by atomic mass is 9.86. The molecule has 0 bridgehead atoms. The number of pyridine rings is 1. The lowest BCUT2D eigenvalue weighted by Gasteiger charge is -2.31. The lowest BCUT2D eigenvalue weighted by molar-refractivity contribution is 0.351. The van der Waals surface area contributed by atoms with Crippen molar-refractivity contribution >= 4 is 33.3 Å². The first-order valence-corrected chi connectivity index (χ1v) is 7.17. The maximum absolute atomic E-state index is 13.6. The second kappa shape index (κ2) is 6.01. The highest BCUT2D eigenvalue weighted by atomic mass is 79.9. The van der Waals surface area contributed by atoms with E-state index in [2.05, 4.69) is 26.2 Å². The molecular weight excluding hydrogens is 307 g/mol. The molecule has 5 heteroatoms. The summed E-state index contributed by atoms with van der Waals surface area (Å²) in [5.41, 5.74) is 0. The predicted molar refractivity (Wildman–Crippen MR) is 72.0 cm³/mol. The SMILES string of the molecule is Fc1cc(Br)cnc1NC1CCCCC1CCl. The van der Waals surface area contributed by atoms with Crippen molar-refractivity contribution in [2.75, 3.05) is 11.2 Å². The molecule has 1 aliphatic carbocycles. The van der Waals surface area contributed by atoms with Crippen molar-refractivity contribution in [3.63, 3.8) is 0 Å². The molecule has 17 heavy (non-hydrogen) atoms. The number of rotatable bonds is 3. The second-order valence-corrected chi connectivity index (χ2v) is 5.66. The Labute approximate surface area is 114 Å². The van der Waals surface area contributed by atoms with Gasteiger partial charge in [0.2, 0.25) is 0 Å². The Morgan fingerprint density at radius 3 is 2.94 bits per heavy atom. The van der Waals surface area contributed by atoms with Crippen LogP contribution in [-0.4, -0.2) is 16.9 Å². The zero-order chi connectivity index (χ0) is 12.3. The van der Waals surface area contributed by atoms with Crippen LogP contribution in [0.2, 0.25) is 0 Å². The van der Waals surface area contributed by atoms with E-state index in [-0.39, 0.29) is 11.9 Å². The van der Waals surface area contributed by atoms with E-state index in [0.717, 1.165) is 12.8 Å². The molecule has 1 aliphatic rings. The van der Waals surface area contributed by atoms with Gasteiger partial charge in [-0.05, 0) is 40.8 Å². The van der Waals surface area contributed by atoms with E-state index in [1.54, 1.807) is 6.20 Å². The second-order valence-electron chi connectivity index (χ2n) is 4.43. The molecule has 0 amide bonds. The van der Waals surface area contributed by atoms with E-state index >= 15 is 0 Å². The monoisotopic (exact) mass is 320 g/mol. The van der Waals surface area contributed by atoms with Crippen LogP contribution in [0.1, 0.15) is 25.7 Å². The summed E-state index contributed by atoms with van der Waals surface area (Å²) in [6.45, 7) is 0. The van der Waals surface area contributed by atoms with Crippen molar-refractivity contribution in [2.24, 2.45) is 5.92 Å². The summed E-state index contributed by atoms with van der Waals surface area (Å²) in [4.78, 5) is 4.06. The molecule has 2 rings (SSSR count). The third-order valence-electron chi connectivity index (χ3n) is 3.24. The topological polar surface area (TPSA) is 24.9 Å². The molecular formula is C12H15BrClFN2. The molecule has 1 heterocycles. The van der Waals surface area contributed by atoms with E-state index < -0.39 is 0 Å². The molecule has 1 aromatic rings. The molecule has 0 aliphatic heterocycles. The van der Waals surface area contributed by atoms with Gasteiger partial charge in [0.1, 0.15) is 0 Å². The number of alkyl halides is 1. The first-order chi connectivity index (χ1) is 8.20. The molecule has 1 saturated carbocycles. The van der Waals surface area contributed by atoms with E-state index in [0.29, 0.717) is 22.1 Å². The lowest BCUT2D eigenvalue weighted by Crippen LogP contribution is -2.33. The molecule has 0 spiro atoms. The number of halogens is 3. The molecule has 2 atom stereocenters. The summed E-state index contributed by atoms with van der Waals surface area (Å²) in [5.74, 6) is 1.04. The number of anilines is 1. The fourth-order valence-corrected chi connectivity index (χ4v) is 2.95. The van der Waals surface area contributed by atoms with Gasteiger partial charge in [0.05, 0.1) is 0 Å². The average Bonchev–Trinajstić information content (AvgIpc) is 2.33. The van der Waals surface area contributed by atoms with E-state index in [1.807, 2.05) is 0 Å². The highest BCUT2D eigenvalue weighted by molar-refractivity contribution is 9.10. The minimum Gasteiger partial charge on any atom is -0.365 e. The van der Waals surface area contributed by atoms with Gasteiger partial charge in [-0.15, -0.1) is 11.6 Å². The van der Waals surface area contributed by atoms with Gasteiger partial charge in [-0.2, -0.15) is 0 Å². The van der Waals surface area contributed by atoms with Crippen LogP contribution in [0.5, 0.6) is 0 Å². The molecule has 1 N–H and O–H groups in total. The minimum atomic E-state index is -0.321. The highest BCUT2D eigenvalue weighted by Crippen LogP contribution is 2.28. The fourth-order valence-electron chi connectivity index (χ4n) is 2.28. The maximum atomic E-state index is 13.6. The average molecular weight is 322 g/mol. The van der Waals surface area contributed by atoms with Crippen molar-refractivity contribution in [2.45, 2.75) is 31.7 Å². The Bertz CT molecular complexity index is 389. The smallest absolute Gasteiger partial charge is 0.166 e. The molecule has 94 valence electrons. The maximum Gasteiger partial charge on any atom is 0.166 e. The van der Waals surface area contributed by atoms with Crippen LogP contribution in [-0.2, 0) is 0 Å². The highest BCUT2D eigenvalue weighted by Gasteiger charge is 2.25. The zero-order valence-electron chi connectivity index (χ0n) is 9.43. The summed E-state index contributed by atoms with van der Waals surface area (Å²) in [5, 5.41) is 3.19. The summed E-state index contributed by atoms with van der Waals surface area (Å²) < 4.78 is 14.3. The number of hydrogen-bond donors (Lipinski definition) is 1. The van der Waals surface area contributed by atoms with Crippen LogP contribution < -0.4 is 5.32 Å². The van der Waals surface area contributed by atoms with Crippen LogP contribution in [0, 0.1) is 11.7 Å². The number of nitrogens with one attached hydrogen (secondary N) is 1. The fraction of sp³-hybridized carbons (Fsp3) is 0.583. The number of aromatic nitrogens is 1. The number of nitrogens with zero attached hydrogens (tertiary/aromatic N) is 1. The first-order valence-electron chi connectivity index (χ1n) is 5.84. The summed E-state index contributed by atoms with van der Waals surface area (Å²) in [7, 11) is 0. The van der Waals surface area contributed by atoms with E-state index in [1.165, 1.54) is 18.9 Å². The first kappa shape index (κ1) is 13.1. The van der Waals surface area contributed by atoms with Crippen molar-refractivity contribution < 1.29 is 4.39 Å². The largest absolute Gasteiger partial charge is 0.365 e. The van der Waals surface area contributed by atoms with Gasteiger partial charge < -0.3 is 5.32 Å². The molecule has 1 fully saturated rings. The van der Waals surface area contributed by atoms with Gasteiger partial charge in [0, 0.05) is 22.6 Å². The Morgan fingerprint density at radius 1 is 1.47 bits per heavy atom. The molecule has 0 aromatic carbocycles. The van der Waals surface area contributed by atoms with Gasteiger partial charge in [-0.25, -0.2) is 9.37 Å². The summed E-state index contributed by atoms with van der Waals surface area (Å²) in [6.07, 6.45) is 6.13. The molecule has 0 saturated heterocycles. The van der Waals surface area contributed by atoms with Crippen LogP contribution in [0.4, 0.5) is 10.2 Å². The Hall–Kier alpha value is -0.350. The van der Waals surface area contributed by atoms with Gasteiger partial charge in [0.25, 0.3) is 0 Å².